The van der Waals surface area contributed by atoms with Crippen molar-refractivity contribution in [1.29, 1.82) is 5.26 Å². The standard InChI is InChI=1S/C17H20N4O2S/c1-10(7-14-11(2)21-23-12(14)3)19-17(22)20-15-8-13(9-18)5-6-16(15)24-4/h5-6,8,10H,7H2,1-4H3,(H2,19,20,22). The van der Waals surface area contributed by atoms with Crippen LogP contribution in [0.4, 0.5) is 10.5 Å². The molecule has 1 aromatic carbocycles. The largest absolute Gasteiger partial charge is 0.361 e. The first-order valence-electron chi connectivity index (χ1n) is 7.52. The highest BCUT2D eigenvalue weighted by molar-refractivity contribution is 7.98. The van der Waals surface area contributed by atoms with E-state index in [1.165, 1.54) is 11.8 Å². The zero-order chi connectivity index (χ0) is 17.7. The number of aromatic nitrogens is 1. The van der Waals surface area contributed by atoms with Gasteiger partial charge in [0.15, 0.2) is 0 Å². The van der Waals surface area contributed by atoms with Crippen molar-refractivity contribution in [1.82, 2.24) is 10.5 Å². The number of amides is 2. The molecule has 1 heterocycles. The lowest BCUT2D eigenvalue weighted by Crippen LogP contribution is -2.37. The van der Waals surface area contributed by atoms with E-state index in [1.807, 2.05) is 33.1 Å². The number of nitrogens with zero attached hydrogens (tertiary/aromatic N) is 2. The molecule has 2 rings (SSSR count). The monoisotopic (exact) mass is 344 g/mol. The number of nitrogens with one attached hydrogen (secondary N) is 2. The zero-order valence-electron chi connectivity index (χ0n) is 14.1. The number of hydrogen-bond donors (Lipinski definition) is 2. The van der Waals surface area contributed by atoms with Crippen molar-refractivity contribution < 1.29 is 9.32 Å². The zero-order valence-corrected chi connectivity index (χ0v) is 15.0. The van der Waals surface area contributed by atoms with Crippen LogP contribution in [-0.4, -0.2) is 23.5 Å². The van der Waals surface area contributed by atoms with Gasteiger partial charge in [-0.2, -0.15) is 5.26 Å². The van der Waals surface area contributed by atoms with Gasteiger partial charge in [-0.1, -0.05) is 5.16 Å². The summed E-state index contributed by atoms with van der Waals surface area (Å²) in [5, 5.41) is 18.6. The second-order valence-corrected chi connectivity index (χ2v) is 6.38. The Labute approximate surface area is 145 Å². The van der Waals surface area contributed by atoms with Crippen LogP contribution >= 0.6 is 11.8 Å². The number of anilines is 1. The third-order valence-corrected chi connectivity index (χ3v) is 4.44. The molecule has 0 fully saturated rings. The normalized spacial score (nSPS) is 11.6. The number of nitriles is 1. The van der Waals surface area contributed by atoms with E-state index in [1.54, 1.807) is 12.1 Å². The molecule has 0 radical (unpaired) electrons. The molecule has 6 nitrogen and oxygen atoms in total. The average Bonchev–Trinajstić information content (AvgIpc) is 2.86. The molecule has 2 aromatic rings. The van der Waals surface area contributed by atoms with Gasteiger partial charge in [0.05, 0.1) is 23.0 Å². The van der Waals surface area contributed by atoms with Crippen molar-refractivity contribution in [2.75, 3.05) is 11.6 Å². The van der Waals surface area contributed by atoms with Crippen molar-refractivity contribution in [3.05, 3.63) is 40.8 Å². The van der Waals surface area contributed by atoms with Gasteiger partial charge in [-0.25, -0.2) is 4.79 Å². The summed E-state index contributed by atoms with van der Waals surface area (Å²) in [6, 6.07) is 6.91. The van der Waals surface area contributed by atoms with Gasteiger partial charge in [0.25, 0.3) is 0 Å². The van der Waals surface area contributed by atoms with Gasteiger partial charge in [0.1, 0.15) is 5.76 Å². The van der Waals surface area contributed by atoms with Crippen molar-refractivity contribution in [3.63, 3.8) is 0 Å². The van der Waals surface area contributed by atoms with E-state index in [9.17, 15) is 4.79 Å². The van der Waals surface area contributed by atoms with Crippen molar-refractivity contribution in [2.45, 2.75) is 38.1 Å². The van der Waals surface area contributed by atoms with Crippen LogP contribution in [0.3, 0.4) is 0 Å². The van der Waals surface area contributed by atoms with Gasteiger partial charge in [0, 0.05) is 16.5 Å². The summed E-state index contributed by atoms with van der Waals surface area (Å²) in [7, 11) is 0. The van der Waals surface area contributed by atoms with Gasteiger partial charge >= 0.3 is 6.03 Å². The van der Waals surface area contributed by atoms with Crippen molar-refractivity contribution in [2.24, 2.45) is 0 Å². The second-order valence-electron chi connectivity index (χ2n) is 5.53. The first-order valence-corrected chi connectivity index (χ1v) is 8.74. The molecule has 24 heavy (non-hydrogen) atoms. The van der Waals surface area contributed by atoms with E-state index in [2.05, 4.69) is 21.9 Å². The van der Waals surface area contributed by atoms with Crippen molar-refractivity contribution >= 4 is 23.5 Å². The molecule has 1 atom stereocenters. The number of carbonyl (C=O) groups excluding carboxylic acids is 1. The molecule has 126 valence electrons. The highest BCUT2D eigenvalue weighted by atomic mass is 32.2. The third-order valence-electron chi connectivity index (χ3n) is 3.65. The summed E-state index contributed by atoms with van der Waals surface area (Å²) >= 11 is 1.51. The number of thioether (sulfide) groups is 1. The van der Waals surface area contributed by atoms with Gasteiger partial charge in [-0.3, -0.25) is 0 Å². The van der Waals surface area contributed by atoms with Gasteiger partial charge in [-0.05, 0) is 51.6 Å². The SMILES string of the molecule is CSc1ccc(C#N)cc1NC(=O)NC(C)Cc1c(C)noc1C. The molecule has 0 spiro atoms. The summed E-state index contributed by atoms with van der Waals surface area (Å²) in [5.74, 6) is 0.771. The number of rotatable bonds is 5. The first kappa shape index (κ1) is 17.9. The molecule has 1 aromatic heterocycles. The Morgan fingerprint density at radius 3 is 2.79 bits per heavy atom. The summed E-state index contributed by atoms with van der Waals surface area (Å²) in [4.78, 5) is 13.1. The van der Waals surface area contributed by atoms with Crippen LogP contribution < -0.4 is 10.6 Å². The highest BCUT2D eigenvalue weighted by Crippen LogP contribution is 2.26. The molecule has 0 bridgehead atoms. The van der Waals surface area contributed by atoms with Crippen LogP contribution in [-0.2, 0) is 6.42 Å². The Morgan fingerprint density at radius 2 is 2.21 bits per heavy atom. The maximum absolute atomic E-state index is 12.2. The molecule has 1 unspecified atom stereocenters. The van der Waals surface area contributed by atoms with Crippen LogP contribution in [0.1, 0.15) is 29.5 Å². The Morgan fingerprint density at radius 1 is 1.46 bits per heavy atom. The molecule has 0 saturated heterocycles. The topological polar surface area (TPSA) is 91.0 Å². The van der Waals surface area contributed by atoms with Crippen LogP contribution in [0, 0.1) is 25.2 Å². The van der Waals surface area contributed by atoms with Crippen LogP contribution in [0.25, 0.3) is 0 Å². The lowest BCUT2D eigenvalue weighted by Gasteiger charge is -2.16. The number of hydrogen-bond acceptors (Lipinski definition) is 5. The summed E-state index contributed by atoms with van der Waals surface area (Å²) in [6.07, 6.45) is 2.56. The van der Waals surface area contributed by atoms with Crippen LogP contribution in [0.5, 0.6) is 0 Å². The number of carbonyl (C=O) groups is 1. The minimum absolute atomic E-state index is 0.0846. The first-order chi connectivity index (χ1) is 11.4. The molecule has 0 aliphatic rings. The fourth-order valence-corrected chi connectivity index (χ4v) is 2.94. The van der Waals surface area contributed by atoms with Crippen LogP contribution in [0.15, 0.2) is 27.6 Å². The van der Waals surface area contributed by atoms with E-state index in [-0.39, 0.29) is 12.1 Å². The molecule has 2 amide bonds. The van der Waals surface area contributed by atoms with Gasteiger partial charge in [-0.15, -0.1) is 11.8 Å². The second kappa shape index (κ2) is 7.88. The summed E-state index contributed by atoms with van der Waals surface area (Å²) in [5.41, 5.74) is 2.99. The van der Waals surface area contributed by atoms with E-state index >= 15 is 0 Å². The van der Waals surface area contributed by atoms with Crippen molar-refractivity contribution in [3.8, 4) is 6.07 Å². The van der Waals surface area contributed by atoms with E-state index in [0.717, 1.165) is 21.9 Å². The smallest absolute Gasteiger partial charge is 0.319 e. The fourth-order valence-electron chi connectivity index (χ4n) is 2.41. The number of urea groups is 1. The van der Waals surface area contributed by atoms with E-state index in [4.69, 9.17) is 9.78 Å². The lowest BCUT2D eigenvalue weighted by molar-refractivity contribution is 0.249. The molecule has 0 saturated carbocycles. The Kier molecular flexibility index (Phi) is 5.88. The minimum Gasteiger partial charge on any atom is -0.361 e. The Balaban J connectivity index is 2.02. The summed E-state index contributed by atoms with van der Waals surface area (Å²) < 4.78 is 5.14. The van der Waals surface area contributed by atoms with Gasteiger partial charge < -0.3 is 15.2 Å². The van der Waals surface area contributed by atoms with E-state index < -0.39 is 0 Å². The van der Waals surface area contributed by atoms with Gasteiger partial charge in [0.2, 0.25) is 0 Å². The predicted octanol–water partition coefficient (Wildman–Crippen LogP) is 3.64. The molecule has 7 heteroatoms. The number of benzene rings is 1. The average molecular weight is 344 g/mol. The highest BCUT2D eigenvalue weighted by Gasteiger charge is 2.15. The lowest BCUT2D eigenvalue weighted by atomic mass is 10.1. The molecule has 0 aliphatic carbocycles. The number of aryl methyl sites for hydroxylation is 2. The minimum atomic E-state index is -0.306. The Hall–Kier alpha value is -2.46. The predicted molar refractivity (Wildman–Crippen MR) is 94.2 cm³/mol. The Bertz CT molecular complexity index is 760. The third kappa shape index (κ3) is 4.30. The fraction of sp³-hybridized carbons (Fsp3) is 0.353. The van der Waals surface area contributed by atoms with E-state index in [0.29, 0.717) is 17.7 Å². The molecular weight excluding hydrogens is 324 g/mol. The van der Waals surface area contributed by atoms with Crippen LogP contribution in [0.2, 0.25) is 0 Å². The molecule has 0 aliphatic heterocycles. The molecule has 2 N–H and O–H groups in total. The quantitative estimate of drug-likeness (QED) is 0.808. The molecular formula is C17H20N4O2S. The summed E-state index contributed by atoms with van der Waals surface area (Å²) in [6.45, 7) is 5.67. The maximum Gasteiger partial charge on any atom is 0.319 e. The maximum atomic E-state index is 12.2.